The number of piperidine rings is 1. The molecule has 7 heteroatoms. The number of allylic oxidation sites excluding steroid dienone is 4. The first kappa shape index (κ1) is 22.6. The van der Waals surface area contributed by atoms with E-state index in [1.807, 2.05) is 5.38 Å². The van der Waals surface area contributed by atoms with Gasteiger partial charge in [0.05, 0.1) is 11.4 Å². The van der Waals surface area contributed by atoms with Crippen LogP contribution in [-0.4, -0.2) is 40.7 Å². The van der Waals surface area contributed by atoms with Gasteiger partial charge in [-0.15, -0.1) is 11.3 Å². The first-order chi connectivity index (χ1) is 16.4. The highest BCUT2D eigenvalue weighted by Gasteiger charge is 2.30. The van der Waals surface area contributed by atoms with Gasteiger partial charge in [0.1, 0.15) is 17.4 Å². The number of hydrogen-bond acceptors (Lipinski definition) is 6. The number of hydrogen-bond donors (Lipinski definition) is 0. The second-order valence-electron chi connectivity index (χ2n) is 8.99. The van der Waals surface area contributed by atoms with Gasteiger partial charge >= 0.3 is 0 Å². The van der Waals surface area contributed by atoms with E-state index in [0.717, 1.165) is 53.8 Å². The van der Waals surface area contributed by atoms with E-state index in [1.54, 1.807) is 23.5 Å². The molecule has 0 atom stereocenters. The van der Waals surface area contributed by atoms with Gasteiger partial charge in [0.25, 0.3) is 0 Å². The van der Waals surface area contributed by atoms with Crippen LogP contribution in [-0.2, 0) is 4.79 Å². The molecule has 1 fully saturated rings. The van der Waals surface area contributed by atoms with E-state index in [2.05, 4.69) is 53.9 Å². The number of aromatic nitrogens is 1. The van der Waals surface area contributed by atoms with E-state index in [1.165, 1.54) is 29.0 Å². The number of carbonyl (C=O) groups excluding carboxylic acids is 1. The molecule has 0 N–H and O–H groups in total. The first-order valence-corrected chi connectivity index (χ1v) is 12.6. The van der Waals surface area contributed by atoms with E-state index in [-0.39, 0.29) is 5.82 Å². The maximum Gasteiger partial charge on any atom is 0.191 e. The number of benzene rings is 1. The van der Waals surface area contributed by atoms with Crippen molar-refractivity contribution in [3.63, 3.8) is 0 Å². The highest BCUT2D eigenvalue weighted by atomic mass is 32.1. The second-order valence-corrected chi connectivity index (χ2v) is 9.82. The van der Waals surface area contributed by atoms with Crippen LogP contribution in [0.15, 0.2) is 76.4 Å². The number of anilines is 1. The molecule has 3 aliphatic rings. The predicted molar refractivity (Wildman–Crippen MR) is 135 cm³/mol. The zero-order chi connectivity index (χ0) is 23.8. The van der Waals surface area contributed by atoms with Crippen LogP contribution < -0.4 is 4.90 Å². The Bertz CT molecular complexity index is 1230. The molecule has 5 nitrogen and oxygen atoms in total. The fraction of sp³-hybridized carbons (Fsp3) is 0.333. The summed E-state index contributed by atoms with van der Waals surface area (Å²) in [5.74, 6) is 1.24. The third-order valence-electron chi connectivity index (χ3n) is 6.74. The first-order valence-electron chi connectivity index (χ1n) is 11.8. The summed E-state index contributed by atoms with van der Waals surface area (Å²) in [4.78, 5) is 23.4. The van der Waals surface area contributed by atoms with E-state index in [0.29, 0.717) is 18.6 Å². The maximum atomic E-state index is 13.4. The molecule has 0 aliphatic carbocycles. The highest BCUT2D eigenvalue weighted by molar-refractivity contribution is 7.14. The molecule has 0 saturated carbocycles. The molecule has 1 aromatic heterocycles. The Labute approximate surface area is 204 Å². The van der Waals surface area contributed by atoms with Gasteiger partial charge in [-0.2, -0.15) is 0 Å². The number of thiazole rings is 1. The van der Waals surface area contributed by atoms with Crippen molar-refractivity contribution in [1.29, 1.82) is 0 Å². The number of halogens is 1. The summed E-state index contributed by atoms with van der Waals surface area (Å²) in [7, 11) is 2.07. The molecular weight excluding hydrogens is 447 g/mol. The van der Waals surface area contributed by atoms with Gasteiger partial charge in [-0.25, -0.2) is 9.37 Å². The summed E-state index contributed by atoms with van der Waals surface area (Å²) in [5.41, 5.74) is 6.80. The molecule has 176 valence electrons. The minimum absolute atomic E-state index is 0.246. The molecule has 0 radical (unpaired) electrons. The number of Topliss-reactive ketones (excluding diaryl/α,β-unsaturated/α-hetero) is 1. The SMILES string of the molecule is CCC1=C(N(C)c2nc(-c3ccc(F)cc3)cs2)N2C=C(N3CCC(=O)CC3)C=CC2=C(C)C1. The zero-order valence-corrected chi connectivity index (χ0v) is 20.7. The largest absolute Gasteiger partial charge is 0.369 e. The predicted octanol–water partition coefficient (Wildman–Crippen LogP) is 6.06. The van der Waals surface area contributed by atoms with Crippen LogP contribution in [0.2, 0.25) is 0 Å². The minimum atomic E-state index is -0.246. The van der Waals surface area contributed by atoms with E-state index < -0.39 is 0 Å². The Kier molecular flexibility index (Phi) is 6.13. The molecule has 1 saturated heterocycles. The number of nitrogens with zero attached hydrogens (tertiary/aromatic N) is 4. The van der Waals surface area contributed by atoms with Crippen molar-refractivity contribution >= 4 is 22.3 Å². The molecule has 34 heavy (non-hydrogen) atoms. The Morgan fingerprint density at radius 1 is 1.15 bits per heavy atom. The average molecular weight is 477 g/mol. The van der Waals surface area contributed by atoms with Gasteiger partial charge in [0.2, 0.25) is 0 Å². The van der Waals surface area contributed by atoms with Gasteiger partial charge in [-0.05, 0) is 67.3 Å². The molecule has 0 amide bonds. The van der Waals surface area contributed by atoms with Crippen LogP contribution >= 0.6 is 11.3 Å². The third kappa shape index (κ3) is 4.20. The summed E-state index contributed by atoms with van der Waals surface area (Å²) in [6.45, 7) is 5.94. The summed E-state index contributed by atoms with van der Waals surface area (Å²) in [5, 5.41) is 2.92. The Morgan fingerprint density at radius 2 is 1.88 bits per heavy atom. The highest BCUT2D eigenvalue weighted by Crippen LogP contribution is 2.40. The summed E-state index contributed by atoms with van der Waals surface area (Å²) < 4.78 is 13.4. The van der Waals surface area contributed by atoms with Crippen molar-refractivity contribution in [2.45, 2.75) is 39.5 Å². The molecule has 2 aromatic rings. The lowest BCUT2D eigenvalue weighted by Gasteiger charge is -2.41. The van der Waals surface area contributed by atoms with Gasteiger partial charge < -0.3 is 14.7 Å². The molecule has 0 unspecified atom stereocenters. The lowest BCUT2D eigenvalue weighted by Crippen LogP contribution is -2.38. The van der Waals surface area contributed by atoms with Crippen molar-refractivity contribution in [1.82, 2.24) is 14.8 Å². The van der Waals surface area contributed by atoms with Crippen molar-refractivity contribution in [2.75, 3.05) is 25.0 Å². The van der Waals surface area contributed by atoms with Crippen LogP contribution in [0.25, 0.3) is 11.3 Å². The monoisotopic (exact) mass is 476 g/mol. The zero-order valence-electron chi connectivity index (χ0n) is 19.8. The minimum Gasteiger partial charge on any atom is -0.369 e. The topological polar surface area (TPSA) is 39.7 Å². The number of ketones is 1. The quantitative estimate of drug-likeness (QED) is 0.524. The van der Waals surface area contributed by atoms with Crippen LogP contribution in [0, 0.1) is 5.82 Å². The van der Waals surface area contributed by atoms with Crippen molar-refractivity contribution in [3.05, 3.63) is 82.2 Å². The number of likely N-dealkylation sites (tertiary alicyclic amines) is 1. The number of rotatable bonds is 5. The van der Waals surface area contributed by atoms with Gasteiger partial charge in [0.15, 0.2) is 5.13 Å². The average Bonchev–Trinajstić information content (AvgIpc) is 3.34. The van der Waals surface area contributed by atoms with Crippen LogP contribution in [0.1, 0.15) is 39.5 Å². The van der Waals surface area contributed by atoms with E-state index >= 15 is 0 Å². The smallest absolute Gasteiger partial charge is 0.191 e. The van der Waals surface area contributed by atoms with Gasteiger partial charge in [0, 0.05) is 55.8 Å². The summed E-state index contributed by atoms with van der Waals surface area (Å²) in [6.07, 6.45) is 9.70. The second kappa shape index (κ2) is 9.22. The molecule has 5 rings (SSSR count). The lowest BCUT2D eigenvalue weighted by atomic mass is 9.95. The van der Waals surface area contributed by atoms with E-state index in [9.17, 15) is 9.18 Å². The van der Waals surface area contributed by atoms with E-state index in [4.69, 9.17) is 4.98 Å². The summed E-state index contributed by atoms with van der Waals surface area (Å²) >= 11 is 1.59. The lowest BCUT2D eigenvalue weighted by molar-refractivity contribution is -0.121. The van der Waals surface area contributed by atoms with Crippen LogP contribution in [0.5, 0.6) is 0 Å². The fourth-order valence-electron chi connectivity index (χ4n) is 4.82. The maximum absolute atomic E-state index is 13.4. The van der Waals surface area contributed by atoms with Crippen LogP contribution in [0.4, 0.5) is 9.52 Å². The van der Waals surface area contributed by atoms with Gasteiger partial charge in [-0.1, -0.05) is 6.92 Å². The van der Waals surface area contributed by atoms with Crippen molar-refractivity contribution in [3.8, 4) is 11.3 Å². The molecule has 1 aromatic carbocycles. The standard InChI is InChI=1S/C27H29FN4OS/c1-4-19-15-18(2)25-10-9-22(31-13-11-23(33)12-14-31)16-32(25)26(19)30(3)27-29-24(17-34-27)20-5-7-21(28)8-6-20/h5-10,16-17H,4,11-15H2,1-3H3. The molecule has 0 bridgehead atoms. The Hall–Kier alpha value is -3.19. The molecule has 4 heterocycles. The summed E-state index contributed by atoms with van der Waals surface area (Å²) in [6, 6.07) is 6.47. The Balaban J connectivity index is 1.48. The van der Waals surface area contributed by atoms with Crippen molar-refractivity contribution in [2.24, 2.45) is 0 Å². The third-order valence-corrected chi connectivity index (χ3v) is 7.66. The number of carbonyl (C=O) groups is 1. The van der Waals surface area contributed by atoms with Crippen molar-refractivity contribution < 1.29 is 9.18 Å². The fourth-order valence-corrected chi connectivity index (χ4v) is 5.62. The molecule has 3 aliphatic heterocycles. The van der Waals surface area contributed by atoms with Gasteiger partial charge in [-0.3, -0.25) is 4.79 Å². The molecule has 0 spiro atoms. The van der Waals surface area contributed by atoms with Crippen LogP contribution in [0.3, 0.4) is 0 Å². The number of fused-ring (bicyclic) bond motifs is 1. The Morgan fingerprint density at radius 3 is 2.59 bits per heavy atom. The molecular formula is C27H29FN4OS. The normalized spacial score (nSPS) is 18.5.